The molecule has 3 rings (SSSR count). The van der Waals surface area contributed by atoms with Crippen LogP contribution in [0.5, 0.6) is 5.75 Å². The predicted octanol–water partition coefficient (Wildman–Crippen LogP) is 2.38. The van der Waals surface area contributed by atoms with Gasteiger partial charge in [-0.25, -0.2) is 4.79 Å². The summed E-state index contributed by atoms with van der Waals surface area (Å²) >= 11 is 0. The molecule has 222 valence electrons. The highest BCUT2D eigenvalue weighted by molar-refractivity contribution is 6.01. The van der Waals surface area contributed by atoms with E-state index in [1.54, 1.807) is 19.1 Å². The van der Waals surface area contributed by atoms with Crippen LogP contribution in [0.2, 0.25) is 0 Å². The Morgan fingerprint density at radius 1 is 0.952 bits per heavy atom. The van der Waals surface area contributed by atoms with Crippen molar-refractivity contribution >= 4 is 40.1 Å². The zero-order valence-electron chi connectivity index (χ0n) is 23.7. The molecule has 0 unspecified atom stereocenters. The number of amides is 3. The van der Waals surface area contributed by atoms with Crippen LogP contribution in [0.15, 0.2) is 72.8 Å². The molecule has 0 heterocycles. The fourth-order valence-electron chi connectivity index (χ4n) is 4.19. The second-order valence-corrected chi connectivity index (χ2v) is 9.62. The summed E-state index contributed by atoms with van der Waals surface area (Å²) in [7, 11) is 1.55. The van der Waals surface area contributed by atoms with Crippen molar-refractivity contribution < 1.29 is 28.8 Å². The van der Waals surface area contributed by atoms with Crippen LogP contribution in [-0.2, 0) is 30.6 Å². The van der Waals surface area contributed by atoms with Crippen molar-refractivity contribution in [3.63, 3.8) is 0 Å². The number of hydrogen-bond acceptors (Lipinski definition) is 8. The van der Waals surface area contributed by atoms with Crippen LogP contribution in [0.3, 0.4) is 0 Å². The Labute approximate surface area is 244 Å². The van der Waals surface area contributed by atoms with Gasteiger partial charge in [0.1, 0.15) is 29.8 Å². The largest absolute Gasteiger partial charge is 0.496 e. The van der Waals surface area contributed by atoms with Gasteiger partial charge in [0.25, 0.3) is 0 Å². The molecular weight excluding hydrogens is 538 g/mol. The number of ether oxygens (including phenoxy) is 1. The fourth-order valence-corrected chi connectivity index (χ4v) is 4.19. The maximum atomic E-state index is 13.3. The quantitative estimate of drug-likeness (QED) is 0.0989. The maximum Gasteiger partial charge on any atom is 0.246 e. The molecule has 11 heteroatoms. The topological polar surface area (TPSA) is 161 Å². The first-order valence-electron chi connectivity index (χ1n) is 13.7. The number of fused-ring (bicyclic) bond motifs is 1. The average molecular weight is 576 g/mol. The summed E-state index contributed by atoms with van der Waals surface area (Å²) in [6, 6.07) is 17.3. The summed E-state index contributed by atoms with van der Waals surface area (Å²) in [4.78, 5) is 55.5. The maximum absolute atomic E-state index is 13.3. The van der Waals surface area contributed by atoms with Gasteiger partial charge in [0, 0.05) is 23.2 Å². The Balaban J connectivity index is 1.63. The van der Waals surface area contributed by atoms with Gasteiger partial charge in [0.2, 0.25) is 17.7 Å². The normalized spacial score (nSPS) is 12.8. The molecule has 0 bridgehead atoms. The highest BCUT2D eigenvalue weighted by atomic mass is 16.6. The number of unbranched alkanes of at least 4 members (excludes halogenated alkanes) is 1. The third-order valence-electron chi connectivity index (χ3n) is 6.45. The molecule has 42 heavy (non-hydrogen) atoms. The van der Waals surface area contributed by atoms with E-state index < -0.39 is 35.8 Å². The highest BCUT2D eigenvalue weighted by Crippen LogP contribution is 2.29. The summed E-state index contributed by atoms with van der Waals surface area (Å²) in [6.45, 7) is 2.07. The minimum atomic E-state index is -1.19. The van der Waals surface area contributed by atoms with Gasteiger partial charge in [0.05, 0.1) is 13.7 Å². The van der Waals surface area contributed by atoms with E-state index >= 15 is 0 Å². The third kappa shape index (κ3) is 9.53. The van der Waals surface area contributed by atoms with E-state index in [4.69, 9.17) is 15.3 Å². The van der Waals surface area contributed by atoms with Crippen molar-refractivity contribution in [1.82, 2.24) is 16.1 Å². The second kappa shape index (κ2) is 16.7. The van der Waals surface area contributed by atoms with Gasteiger partial charge < -0.3 is 26.4 Å². The van der Waals surface area contributed by atoms with E-state index in [-0.39, 0.29) is 6.61 Å². The molecule has 0 aliphatic carbocycles. The first kappa shape index (κ1) is 32.0. The molecular formula is C31H37N5O6. The first-order chi connectivity index (χ1) is 20.4. The highest BCUT2D eigenvalue weighted by Gasteiger charge is 2.26. The van der Waals surface area contributed by atoms with E-state index in [1.807, 2.05) is 60.7 Å². The number of methoxy groups -OCH3 is 1. The molecule has 0 spiro atoms. The van der Waals surface area contributed by atoms with E-state index in [9.17, 15) is 19.2 Å². The van der Waals surface area contributed by atoms with Gasteiger partial charge in [-0.05, 0) is 49.7 Å². The molecule has 0 radical (unpaired) electrons. The van der Waals surface area contributed by atoms with Crippen molar-refractivity contribution in [1.29, 1.82) is 0 Å². The standard InChI is InChI=1S/C31H37N5O6/c1-21(33-31(40)27(15-17-37)36-42-20-22-10-4-3-5-11-22)29(38)35-26(14-8-9-16-32)30(39)34-24-18-23-12-6-7-13-25(23)28(19-24)41-2/h3-7,10-13,15,18-19,21,26-27,36H,8-9,14,16,20,32H2,1-2H3,(H,33,40)(H,34,39)(H,35,38)/t21-,26-,27-/m0/s1. The van der Waals surface area contributed by atoms with Crippen LogP contribution >= 0.6 is 0 Å². The van der Waals surface area contributed by atoms with Crippen LogP contribution in [0, 0.1) is 0 Å². The molecule has 0 aliphatic heterocycles. The van der Waals surface area contributed by atoms with Gasteiger partial charge in [-0.15, -0.1) is 0 Å². The number of hydrogen-bond donors (Lipinski definition) is 5. The molecule has 3 aromatic rings. The van der Waals surface area contributed by atoms with Crippen molar-refractivity contribution in [3.05, 3.63) is 78.4 Å². The molecule has 3 atom stereocenters. The van der Waals surface area contributed by atoms with Crippen LogP contribution in [0.1, 0.15) is 31.7 Å². The number of hydroxylamine groups is 1. The Hall–Kier alpha value is -4.54. The Morgan fingerprint density at radius 3 is 2.40 bits per heavy atom. The molecule has 0 saturated heterocycles. The molecule has 6 N–H and O–H groups in total. The molecule has 0 aliphatic rings. The number of nitrogens with one attached hydrogen (secondary N) is 4. The second-order valence-electron chi connectivity index (χ2n) is 9.62. The number of nitrogens with two attached hydrogens (primary N) is 1. The Morgan fingerprint density at radius 2 is 1.69 bits per heavy atom. The molecule has 0 fully saturated rings. The zero-order chi connectivity index (χ0) is 30.3. The number of anilines is 1. The van der Waals surface area contributed by atoms with Crippen LogP contribution in [-0.4, -0.2) is 55.4 Å². The first-order valence-corrected chi connectivity index (χ1v) is 13.7. The van der Waals surface area contributed by atoms with Gasteiger partial charge in [-0.2, -0.15) is 5.48 Å². The molecule has 0 saturated carbocycles. The average Bonchev–Trinajstić information content (AvgIpc) is 3.00. The van der Waals surface area contributed by atoms with Crippen molar-refractivity contribution in [2.45, 2.75) is 50.9 Å². The lowest BCUT2D eigenvalue weighted by Gasteiger charge is -2.22. The minimum absolute atomic E-state index is 0.149. The summed E-state index contributed by atoms with van der Waals surface area (Å²) in [5.74, 6) is 0.489. The van der Waals surface area contributed by atoms with E-state index in [1.165, 1.54) is 6.92 Å². The molecule has 3 amide bonds. The third-order valence-corrected chi connectivity index (χ3v) is 6.45. The summed E-state index contributed by atoms with van der Waals surface area (Å²) in [5.41, 5.74) is 9.50. The SMILES string of the molecule is COc1cc(NC(=O)[C@H](CCCCN)NC(=O)[C@H](C)NC(=O)[C@H](C=C=O)NOCc2ccccc2)cc2ccccc12. The number of benzene rings is 3. The van der Waals surface area contributed by atoms with Crippen molar-refractivity contribution in [2.75, 3.05) is 19.0 Å². The van der Waals surface area contributed by atoms with Gasteiger partial charge in [-0.1, -0.05) is 54.6 Å². The van der Waals surface area contributed by atoms with E-state index in [0.717, 1.165) is 22.4 Å². The monoisotopic (exact) mass is 575 g/mol. The summed E-state index contributed by atoms with van der Waals surface area (Å²) < 4.78 is 5.49. The van der Waals surface area contributed by atoms with Crippen molar-refractivity contribution in [2.24, 2.45) is 5.73 Å². The van der Waals surface area contributed by atoms with E-state index in [0.29, 0.717) is 37.2 Å². The predicted molar refractivity (Wildman–Crippen MR) is 160 cm³/mol. The fraction of sp³-hybridized carbons (Fsp3) is 0.323. The van der Waals surface area contributed by atoms with Gasteiger partial charge >= 0.3 is 0 Å². The minimum Gasteiger partial charge on any atom is -0.496 e. The summed E-state index contributed by atoms with van der Waals surface area (Å²) in [6.07, 6.45) is 2.56. The van der Waals surface area contributed by atoms with Crippen LogP contribution < -0.4 is 31.9 Å². The number of carbonyl (C=O) groups is 3. The zero-order valence-corrected chi connectivity index (χ0v) is 23.7. The lowest BCUT2D eigenvalue weighted by atomic mass is 10.1. The van der Waals surface area contributed by atoms with Gasteiger partial charge in [-0.3, -0.25) is 19.2 Å². The number of carbonyl (C=O) groups excluding carboxylic acids is 4. The van der Waals surface area contributed by atoms with Gasteiger partial charge in [0.15, 0.2) is 0 Å². The van der Waals surface area contributed by atoms with Crippen LogP contribution in [0.25, 0.3) is 10.8 Å². The number of rotatable bonds is 16. The van der Waals surface area contributed by atoms with E-state index in [2.05, 4.69) is 21.4 Å². The van der Waals surface area contributed by atoms with Crippen molar-refractivity contribution in [3.8, 4) is 5.75 Å². The molecule has 0 aromatic heterocycles. The molecule has 3 aromatic carbocycles. The summed E-state index contributed by atoms with van der Waals surface area (Å²) in [5, 5.41) is 9.91. The van der Waals surface area contributed by atoms with Crippen LogP contribution in [0.4, 0.5) is 5.69 Å². The lowest BCUT2D eigenvalue weighted by molar-refractivity contribution is -0.132. The Kier molecular flexibility index (Phi) is 12.7. The molecule has 11 nitrogen and oxygen atoms in total. The Bertz CT molecular complexity index is 1390. The lowest BCUT2D eigenvalue weighted by Crippen LogP contribution is -2.54. The smallest absolute Gasteiger partial charge is 0.246 e.